The topological polar surface area (TPSA) is 4.93 Å². The summed E-state index contributed by atoms with van der Waals surface area (Å²) in [5.41, 5.74) is 1.79. The van der Waals surface area contributed by atoms with E-state index in [1.54, 1.807) is 6.07 Å². The molecule has 23 heavy (non-hydrogen) atoms. The second-order valence-electron chi connectivity index (χ2n) is 8.32. The van der Waals surface area contributed by atoms with Crippen molar-refractivity contribution < 1.29 is 8.78 Å². The van der Waals surface area contributed by atoms with Crippen LogP contribution in [0.4, 0.5) is 8.78 Å². The molecular weight excluding hydrogens is 292 g/mol. The number of aryl methyl sites for hydroxylation is 1. The van der Waals surface area contributed by atoms with Gasteiger partial charge in [0.15, 0.2) is 0 Å². The molecule has 0 bridgehead atoms. The van der Waals surface area contributed by atoms with Crippen LogP contribution in [-0.2, 0) is 0 Å². The van der Waals surface area contributed by atoms with Crippen LogP contribution in [-0.4, -0.2) is 4.57 Å². The molecule has 0 fully saturated rings. The van der Waals surface area contributed by atoms with E-state index in [2.05, 4.69) is 48.5 Å². The van der Waals surface area contributed by atoms with E-state index in [4.69, 9.17) is 0 Å². The van der Waals surface area contributed by atoms with Gasteiger partial charge in [0.25, 0.3) is 0 Å². The van der Waals surface area contributed by atoms with Crippen LogP contribution in [0, 0.1) is 29.9 Å². The van der Waals surface area contributed by atoms with Crippen LogP contribution in [0.5, 0.6) is 0 Å². The molecule has 0 amide bonds. The first-order valence-corrected chi connectivity index (χ1v) is 8.39. The normalized spacial score (nSPS) is 13.2. The summed E-state index contributed by atoms with van der Waals surface area (Å²) in [5.74, 6) is -0.174. The van der Waals surface area contributed by atoms with Gasteiger partial charge >= 0.3 is 0 Å². The van der Waals surface area contributed by atoms with Crippen LogP contribution < -0.4 is 0 Å². The molecule has 2 aromatic rings. The largest absolute Gasteiger partial charge is 0.342 e. The fourth-order valence-electron chi connectivity index (χ4n) is 2.94. The summed E-state index contributed by atoms with van der Waals surface area (Å²) in [6.07, 6.45) is 0.954. The fourth-order valence-corrected chi connectivity index (χ4v) is 2.94. The maximum atomic E-state index is 13.8. The highest BCUT2D eigenvalue weighted by atomic mass is 19.1. The second kappa shape index (κ2) is 7.46. The molecule has 1 unspecified atom stereocenters. The average Bonchev–Trinajstić information content (AvgIpc) is 2.62. The summed E-state index contributed by atoms with van der Waals surface area (Å²) in [4.78, 5) is 0. The summed E-state index contributed by atoms with van der Waals surface area (Å²) < 4.78 is 29.3. The van der Waals surface area contributed by atoms with Crippen molar-refractivity contribution in [2.45, 2.75) is 67.9 Å². The van der Waals surface area contributed by atoms with E-state index in [1.807, 2.05) is 11.5 Å². The molecule has 2 rings (SSSR count). The minimum Gasteiger partial charge on any atom is -0.342 e. The zero-order chi connectivity index (χ0) is 17.9. The summed E-state index contributed by atoms with van der Waals surface area (Å²) in [6, 6.07) is 4.37. The van der Waals surface area contributed by atoms with Crippen LogP contribution in [0.25, 0.3) is 10.9 Å². The predicted octanol–water partition coefficient (Wildman–Crippen LogP) is 6.89. The van der Waals surface area contributed by atoms with Gasteiger partial charge in [0, 0.05) is 23.2 Å². The third-order valence-electron chi connectivity index (χ3n) is 3.41. The minimum atomic E-state index is -0.521. The summed E-state index contributed by atoms with van der Waals surface area (Å²) in [7, 11) is 0. The van der Waals surface area contributed by atoms with Gasteiger partial charge in [0.05, 0.1) is 5.52 Å². The van der Waals surface area contributed by atoms with Crippen LogP contribution in [0.3, 0.4) is 0 Å². The van der Waals surface area contributed by atoms with Gasteiger partial charge in [-0.25, -0.2) is 8.78 Å². The van der Waals surface area contributed by atoms with E-state index in [-0.39, 0.29) is 11.5 Å². The van der Waals surface area contributed by atoms with E-state index >= 15 is 0 Å². The highest BCUT2D eigenvalue weighted by Crippen LogP contribution is 2.33. The Morgan fingerprint density at radius 2 is 1.52 bits per heavy atom. The number of aromatic nitrogens is 1. The Morgan fingerprint density at radius 1 is 1.00 bits per heavy atom. The second-order valence-corrected chi connectivity index (χ2v) is 8.32. The van der Waals surface area contributed by atoms with Gasteiger partial charge in [-0.3, -0.25) is 0 Å². The van der Waals surface area contributed by atoms with Gasteiger partial charge in [-0.15, -0.1) is 0 Å². The monoisotopic (exact) mass is 323 g/mol. The van der Waals surface area contributed by atoms with E-state index < -0.39 is 11.6 Å². The molecule has 0 N–H and O–H groups in total. The van der Waals surface area contributed by atoms with Gasteiger partial charge in [0.2, 0.25) is 0 Å². The lowest BCUT2D eigenvalue weighted by Gasteiger charge is -2.26. The molecule has 1 aromatic heterocycles. The third kappa shape index (κ3) is 5.63. The van der Waals surface area contributed by atoms with Crippen LogP contribution in [0.15, 0.2) is 18.2 Å². The van der Waals surface area contributed by atoms with Crippen molar-refractivity contribution in [2.24, 2.45) is 11.3 Å². The van der Waals surface area contributed by atoms with Gasteiger partial charge in [-0.2, -0.15) is 0 Å². The standard InChI is InChI=1S/C16H21F2N.C4H10/c1-10-6-13-14(18)7-12(17)8-15(13)19(10)11(2)9-16(3,4)5;1-4(2)3/h6-8,11H,9H2,1-5H3;4H,1-3H3. The quantitative estimate of drug-likeness (QED) is 0.567. The molecule has 1 nitrogen and oxygen atoms in total. The first-order valence-electron chi connectivity index (χ1n) is 8.39. The molecule has 0 radical (unpaired) electrons. The van der Waals surface area contributed by atoms with Crippen molar-refractivity contribution >= 4 is 10.9 Å². The number of fused-ring (bicyclic) bond motifs is 1. The Hall–Kier alpha value is -1.38. The molecular formula is C20H31F2N. The molecule has 1 aromatic carbocycles. The van der Waals surface area contributed by atoms with Crippen molar-refractivity contribution in [2.75, 3.05) is 0 Å². The van der Waals surface area contributed by atoms with Gasteiger partial charge in [-0.1, -0.05) is 41.5 Å². The van der Waals surface area contributed by atoms with Gasteiger partial charge < -0.3 is 4.57 Å². The smallest absolute Gasteiger partial charge is 0.135 e. The maximum Gasteiger partial charge on any atom is 0.135 e. The third-order valence-corrected chi connectivity index (χ3v) is 3.41. The molecule has 0 aliphatic heterocycles. The molecule has 130 valence electrons. The summed E-state index contributed by atoms with van der Waals surface area (Å²) >= 11 is 0. The number of rotatable bonds is 2. The van der Waals surface area contributed by atoms with E-state index in [9.17, 15) is 8.78 Å². The lowest BCUT2D eigenvalue weighted by molar-refractivity contribution is 0.308. The van der Waals surface area contributed by atoms with Crippen molar-refractivity contribution in [1.82, 2.24) is 4.57 Å². The van der Waals surface area contributed by atoms with Crippen molar-refractivity contribution in [3.63, 3.8) is 0 Å². The Balaban J connectivity index is 0.000000593. The number of hydrogen-bond acceptors (Lipinski definition) is 0. The molecule has 3 heteroatoms. The summed E-state index contributed by atoms with van der Waals surface area (Å²) in [5, 5.41) is 0.500. The van der Waals surface area contributed by atoms with E-state index in [1.165, 1.54) is 6.07 Å². The first-order chi connectivity index (χ1) is 10.4. The fraction of sp³-hybridized carbons (Fsp3) is 0.600. The van der Waals surface area contributed by atoms with Gasteiger partial charge in [-0.05, 0) is 43.7 Å². The lowest BCUT2D eigenvalue weighted by Crippen LogP contribution is -2.15. The van der Waals surface area contributed by atoms with Crippen molar-refractivity contribution in [1.29, 1.82) is 0 Å². The number of nitrogens with zero attached hydrogens (tertiary/aromatic N) is 1. The molecule has 0 aliphatic carbocycles. The highest BCUT2D eigenvalue weighted by molar-refractivity contribution is 5.82. The molecule has 1 heterocycles. The Labute approximate surface area is 139 Å². The lowest BCUT2D eigenvalue weighted by atomic mass is 9.88. The van der Waals surface area contributed by atoms with E-state index in [0.29, 0.717) is 10.9 Å². The van der Waals surface area contributed by atoms with Crippen molar-refractivity contribution in [3.05, 3.63) is 35.5 Å². The zero-order valence-electron chi connectivity index (χ0n) is 15.8. The molecule has 0 spiro atoms. The zero-order valence-corrected chi connectivity index (χ0v) is 15.8. The molecule has 0 saturated carbocycles. The molecule has 0 saturated heterocycles. The van der Waals surface area contributed by atoms with Crippen LogP contribution in [0.2, 0.25) is 0 Å². The van der Waals surface area contributed by atoms with Gasteiger partial charge in [0.1, 0.15) is 11.6 Å². The Morgan fingerprint density at radius 3 is 2.00 bits per heavy atom. The first kappa shape index (κ1) is 19.7. The number of halogens is 2. The number of hydrogen-bond donors (Lipinski definition) is 0. The Kier molecular flexibility index (Phi) is 6.38. The SMILES string of the molecule is CC(C)C.Cc1cc2c(F)cc(F)cc2n1C(C)CC(C)(C)C. The summed E-state index contributed by atoms with van der Waals surface area (Å²) in [6.45, 7) is 17.1. The Bertz CT molecular complexity index is 645. The minimum absolute atomic E-state index is 0.175. The molecule has 0 aliphatic rings. The molecule has 1 atom stereocenters. The van der Waals surface area contributed by atoms with Crippen molar-refractivity contribution in [3.8, 4) is 0 Å². The number of benzene rings is 1. The predicted molar refractivity (Wildman–Crippen MR) is 95.9 cm³/mol. The van der Waals surface area contributed by atoms with Crippen LogP contribution >= 0.6 is 0 Å². The van der Waals surface area contributed by atoms with E-state index in [0.717, 1.165) is 24.1 Å². The highest BCUT2D eigenvalue weighted by Gasteiger charge is 2.20. The van der Waals surface area contributed by atoms with Crippen LogP contribution in [0.1, 0.15) is 66.6 Å². The average molecular weight is 323 g/mol. The maximum absolute atomic E-state index is 13.8.